The molecule has 0 aliphatic carbocycles. The second-order valence-electron chi connectivity index (χ2n) is 1.14. The van der Waals surface area contributed by atoms with Crippen molar-refractivity contribution in [1.29, 1.82) is 0 Å². The molecule has 0 unspecified atom stereocenters. The molecule has 1 rings (SSSR count). The van der Waals surface area contributed by atoms with Gasteiger partial charge < -0.3 is 0 Å². The Bertz CT molecular complexity index is 87.0. The van der Waals surface area contributed by atoms with Gasteiger partial charge in [-0.2, -0.15) is 10.2 Å². The van der Waals surface area contributed by atoms with Crippen LogP contribution in [0, 0.1) is 0 Å². The van der Waals surface area contributed by atoms with Gasteiger partial charge in [0, 0.05) is 0 Å². The zero-order chi connectivity index (χ0) is 4.41. The van der Waals surface area contributed by atoms with Crippen molar-refractivity contribution in [2.75, 3.05) is 13.1 Å². The molecule has 0 fully saturated rings. The minimum atomic E-state index is 0.120. The topological polar surface area (TPSA) is 41.8 Å². The summed E-state index contributed by atoms with van der Waals surface area (Å²) in [6.07, 6.45) is 0. The van der Waals surface area contributed by atoms with Gasteiger partial charge in [0.25, 0.3) is 0 Å². The molecule has 1 aliphatic rings. The van der Waals surface area contributed by atoms with Crippen molar-refractivity contribution in [2.45, 2.75) is 0 Å². The van der Waals surface area contributed by atoms with E-state index in [1.54, 1.807) is 0 Å². The Morgan fingerprint density at radius 1 is 1.33 bits per heavy atom. The number of Topliss-reactive ketones (excluding diaryl/α,β-unsaturated/α-hetero) is 1. The third-order valence-corrected chi connectivity index (χ3v) is 0.594. The van der Waals surface area contributed by atoms with Crippen LogP contribution < -0.4 is 0 Å². The molecule has 0 aromatic carbocycles. The van der Waals surface area contributed by atoms with Crippen LogP contribution in [0.2, 0.25) is 0 Å². The summed E-state index contributed by atoms with van der Waals surface area (Å²) in [7, 11) is 0. The van der Waals surface area contributed by atoms with E-state index in [0.717, 1.165) is 0 Å². The average Bonchev–Trinajstić information content (AvgIpc) is 1.86. The molecule has 32 valence electrons. The van der Waals surface area contributed by atoms with E-state index in [-0.39, 0.29) is 5.78 Å². The first-order valence-corrected chi connectivity index (χ1v) is 1.74. The minimum Gasteiger partial charge on any atom is -0.295 e. The van der Waals surface area contributed by atoms with Gasteiger partial charge in [-0.05, 0) is 0 Å². The Morgan fingerprint density at radius 3 is 2.00 bits per heavy atom. The van der Waals surface area contributed by atoms with Gasteiger partial charge in [0.2, 0.25) is 0 Å². The molecular formula is C3H4N2O. The number of hydrogen-bond donors (Lipinski definition) is 0. The van der Waals surface area contributed by atoms with E-state index in [2.05, 4.69) is 10.2 Å². The number of rotatable bonds is 0. The fraction of sp³-hybridized carbons (Fsp3) is 0.667. The third-order valence-electron chi connectivity index (χ3n) is 0.594. The van der Waals surface area contributed by atoms with Gasteiger partial charge in [-0.3, -0.25) is 4.79 Å². The standard InChI is InChI=1S/C3H4N2O/c6-3-1-4-5-2-3/h1-2H2. The maximum Gasteiger partial charge on any atom is 0.179 e. The fourth-order valence-corrected chi connectivity index (χ4v) is 0.308. The summed E-state index contributed by atoms with van der Waals surface area (Å²) in [6, 6.07) is 0. The zero-order valence-corrected chi connectivity index (χ0v) is 3.22. The molecule has 6 heavy (non-hydrogen) atoms. The average molecular weight is 84.1 g/mol. The predicted molar refractivity (Wildman–Crippen MR) is 19.6 cm³/mol. The smallest absolute Gasteiger partial charge is 0.179 e. The summed E-state index contributed by atoms with van der Waals surface area (Å²) in [4.78, 5) is 10.1. The van der Waals surface area contributed by atoms with Crippen LogP contribution in [-0.4, -0.2) is 18.9 Å². The molecule has 0 bridgehead atoms. The SMILES string of the molecule is O=C1CN=NC1. The Morgan fingerprint density at radius 2 is 1.83 bits per heavy atom. The van der Waals surface area contributed by atoms with Gasteiger partial charge in [0.05, 0.1) is 0 Å². The van der Waals surface area contributed by atoms with E-state index >= 15 is 0 Å². The van der Waals surface area contributed by atoms with Gasteiger partial charge in [-0.15, -0.1) is 0 Å². The van der Waals surface area contributed by atoms with Gasteiger partial charge in [0.1, 0.15) is 13.1 Å². The van der Waals surface area contributed by atoms with Gasteiger partial charge >= 0.3 is 0 Å². The molecule has 3 heteroatoms. The zero-order valence-electron chi connectivity index (χ0n) is 3.22. The van der Waals surface area contributed by atoms with Crippen molar-refractivity contribution in [3.63, 3.8) is 0 Å². The summed E-state index contributed by atoms with van der Waals surface area (Å²) >= 11 is 0. The van der Waals surface area contributed by atoms with Gasteiger partial charge in [-0.1, -0.05) is 0 Å². The van der Waals surface area contributed by atoms with Crippen molar-refractivity contribution in [1.82, 2.24) is 0 Å². The van der Waals surface area contributed by atoms with Crippen molar-refractivity contribution < 1.29 is 4.79 Å². The summed E-state index contributed by atoms with van der Waals surface area (Å²) in [5.41, 5.74) is 0. The summed E-state index contributed by atoms with van der Waals surface area (Å²) < 4.78 is 0. The molecule has 0 spiro atoms. The molecule has 0 radical (unpaired) electrons. The first kappa shape index (κ1) is 3.46. The van der Waals surface area contributed by atoms with Crippen LogP contribution in [0.1, 0.15) is 0 Å². The van der Waals surface area contributed by atoms with Crippen molar-refractivity contribution in [2.24, 2.45) is 10.2 Å². The first-order chi connectivity index (χ1) is 2.89. The van der Waals surface area contributed by atoms with Crippen molar-refractivity contribution in [3.8, 4) is 0 Å². The summed E-state index contributed by atoms with van der Waals surface area (Å²) in [5.74, 6) is 0.120. The van der Waals surface area contributed by atoms with E-state index in [0.29, 0.717) is 13.1 Å². The summed E-state index contributed by atoms with van der Waals surface area (Å²) in [6.45, 7) is 0.611. The largest absolute Gasteiger partial charge is 0.295 e. The second kappa shape index (κ2) is 1.16. The second-order valence-corrected chi connectivity index (χ2v) is 1.14. The van der Waals surface area contributed by atoms with E-state index in [1.807, 2.05) is 0 Å². The highest BCUT2D eigenvalue weighted by Gasteiger charge is 2.02. The van der Waals surface area contributed by atoms with Crippen LogP contribution in [0.5, 0.6) is 0 Å². The van der Waals surface area contributed by atoms with Gasteiger partial charge in [0.15, 0.2) is 5.78 Å². The van der Waals surface area contributed by atoms with Crippen LogP contribution in [-0.2, 0) is 4.79 Å². The third kappa shape index (κ3) is 0.429. The highest BCUT2D eigenvalue weighted by molar-refractivity contribution is 5.83. The number of ketones is 1. The predicted octanol–water partition coefficient (Wildman–Crippen LogP) is 0.0213. The Kier molecular flexibility index (Phi) is 0.670. The number of carbonyl (C=O) groups is 1. The number of hydrogen-bond acceptors (Lipinski definition) is 3. The lowest BCUT2D eigenvalue weighted by Gasteiger charge is -1.67. The quantitative estimate of drug-likeness (QED) is 0.408. The lowest BCUT2D eigenvalue weighted by atomic mass is 10.4. The molecule has 1 heterocycles. The molecule has 0 N–H and O–H groups in total. The highest BCUT2D eigenvalue weighted by Crippen LogP contribution is 1.87. The van der Waals surface area contributed by atoms with E-state index in [1.165, 1.54) is 0 Å². The number of nitrogens with zero attached hydrogens (tertiary/aromatic N) is 2. The van der Waals surface area contributed by atoms with Gasteiger partial charge in [-0.25, -0.2) is 0 Å². The molecule has 0 aromatic heterocycles. The van der Waals surface area contributed by atoms with E-state index in [9.17, 15) is 4.79 Å². The molecule has 0 atom stereocenters. The monoisotopic (exact) mass is 84.0 g/mol. The van der Waals surface area contributed by atoms with E-state index < -0.39 is 0 Å². The van der Waals surface area contributed by atoms with E-state index in [4.69, 9.17) is 0 Å². The molecule has 0 aromatic rings. The molecule has 3 nitrogen and oxygen atoms in total. The van der Waals surface area contributed by atoms with Crippen molar-refractivity contribution >= 4 is 5.78 Å². The normalized spacial score (nSPS) is 19.7. The maximum atomic E-state index is 10.1. The van der Waals surface area contributed by atoms with Crippen LogP contribution in [0.4, 0.5) is 0 Å². The summed E-state index contributed by atoms with van der Waals surface area (Å²) in [5, 5.41) is 6.88. The molecule has 0 saturated carbocycles. The highest BCUT2D eigenvalue weighted by atomic mass is 16.1. The minimum absolute atomic E-state index is 0.120. The van der Waals surface area contributed by atoms with Crippen LogP contribution in [0.15, 0.2) is 10.2 Å². The van der Waals surface area contributed by atoms with Crippen LogP contribution in [0.25, 0.3) is 0 Å². The number of carbonyl (C=O) groups excluding carboxylic acids is 1. The lowest BCUT2D eigenvalue weighted by Crippen LogP contribution is -1.97. The lowest BCUT2D eigenvalue weighted by molar-refractivity contribution is -0.115. The molecule has 1 aliphatic heterocycles. The molecule has 0 saturated heterocycles. The number of azo groups is 1. The van der Waals surface area contributed by atoms with Crippen molar-refractivity contribution in [3.05, 3.63) is 0 Å². The van der Waals surface area contributed by atoms with Crippen LogP contribution in [0.3, 0.4) is 0 Å². The Balaban J connectivity index is 2.52. The first-order valence-electron chi connectivity index (χ1n) is 1.74. The fourth-order valence-electron chi connectivity index (χ4n) is 0.308. The Labute approximate surface area is 35.1 Å². The molecule has 0 amide bonds. The van der Waals surface area contributed by atoms with Crippen LogP contribution >= 0.6 is 0 Å². The molecular weight excluding hydrogens is 80.0 g/mol. The maximum absolute atomic E-state index is 10.1. The Hall–Kier alpha value is -0.730.